The molecule has 10 heteroatoms. The molecule has 3 N–H and O–H groups in total. The molecule has 0 bridgehead atoms. The van der Waals surface area contributed by atoms with Crippen molar-refractivity contribution in [2.45, 2.75) is 51.2 Å². The fourth-order valence-corrected chi connectivity index (χ4v) is 4.18. The third-order valence-corrected chi connectivity index (χ3v) is 5.63. The van der Waals surface area contributed by atoms with E-state index in [1.807, 2.05) is 13.8 Å². The van der Waals surface area contributed by atoms with Gasteiger partial charge in [0.15, 0.2) is 17.5 Å². The van der Waals surface area contributed by atoms with E-state index < -0.39 is 17.5 Å². The fraction of sp³-hybridized carbons (Fsp3) is 0.429. The first kappa shape index (κ1) is 21.3. The van der Waals surface area contributed by atoms with Gasteiger partial charge in [0.25, 0.3) is 0 Å². The van der Waals surface area contributed by atoms with Gasteiger partial charge in [0.2, 0.25) is 0 Å². The van der Waals surface area contributed by atoms with Crippen LogP contribution in [0.3, 0.4) is 0 Å². The third-order valence-electron chi connectivity index (χ3n) is 5.42. The number of ether oxygens (including phenoxy) is 1. The van der Waals surface area contributed by atoms with E-state index in [-0.39, 0.29) is 11.9 Å². The van der Waals surface area contributed by atoms with E-state index in [1.54, 1.807) is 18.5 Å². The molecule has 1 amide bonds. The van der Waals surface area contributed by atoms with Crippen LogP contribution in [0.2, 0.25) is 5.02 Å². The number of carbonyl (C=O) groups is 1. The van der Waals surface area contributed by atoms with Gasteiger partial charge in [-0.3, -0.25) is 0 Å². The Balaban J connectivity index is 1.55. The van der Waals surface area contributed by atoms with Crippen LogP contribution in [0.4, 0.5) is 15.0 Å². The molecule has 0 aromatic carbocycles. The number of alkyl carbamates (subject to hydrolysis) is 1. The summed E-state index contributed by atoms with van der Waals surface area (Å²) in [6.45, 7) is 4.24. The Labute approximate surface area is 184 Å². The SMILES string of the molecule is CCNC(=O)OC1(C)CCC[C@H](Nc2nc(-c3c[nH]c4ncc(Cl)cc34)ncc2F)C1. The van der Waals surface area contributed by atoms with Crippen LogP contribution in [-0.4, -0.2) is 44.2 Å². The number of fused-ring (bicyclic) bond motifs is 1. The van der Waals surface area contributed by atoms with Crippen molar-refractivity contribution < 1.29 is 13.9 Å². The topological polar surface area (TPSA) is 105 Å². The van der Waals surface area contributed by atoms with Crippen LogP contribution in [-0.2, 0) is 4.74 Å². The van der Waals surface area contributed by atoms with Crippen LogP contribution in [0.15, 0.2) is 24.7 Å². The highest BCUT2D eigenvalue weighted by molar-refractivity contribution is 6.31. The molecule has 1 fully saturated rings. The number of nitrogens with one attached hydrogen (secondary N) is 3. The van der Waals surface area contributed by atoms with Gasteiger partial charge in [-0.15, -0.1) is 0 Å². The molecular formula is C21H24ClFN6O2. The van der Waals surface area contributed by atoms with Gasteiger partial charge in [-0.25, -0.2) is 24.1 Å². The maximum atomic E-state index is 14.5. The standard InChI is InChI=1S/C21H24ClFN6O2/c1-3-24-20(30)31-21(2)6-4-5-13(8-21)28-19-16(23)11-27-18(29-19)15-10-26-17-14(15)7-12(22)9-25-17/h7,9-11,13H,3-6,8H2,1-2H3,(H,24,30)(H,25,26)(H,27,28,29)/t13-,21?/m0/s1. The quantitative estimate of drug-likeness (QED) is 0.526. The number of halogens is 2. The number of pyridine rings is 1. The molecule has 4 rings (SSSR count). The molecule has 0 saturated heterocycles. The van der Waals surface area contributed by atoms with Crippen molar-refractivity contribution in [1.82, 2.24) is 25.3 Å². The zero-order chi connectivity index (χ0) is 22.0. The molecule has 8 nitrogen and oxygen atoms in total. The van der Waals surface area contributed by atoms with Crippen molar-refractivity contribution in [2.75, 3.05) is 11.9 Å². The second-order valence-corrected chi connectivity index (χ2v) is 8.39. The lowest BCUT2D eigenvalue weighted by Gasteiger charge is -2.38. The van der Waals surface area contributed by atoms with Gasteiger partial charge in [0.05, 0.1) is 11.2 Å². The van der Waals surface area contributed by atoms with Gasteiger partial charge in [0, 0.05) is 42.4 Å². The molecule has 0 radical (unpaired) electrons. The van der Waals surface area contributed by atoms with Gasteiger partial charge in [0.1, 0.15) is 11.2 Å². The second-order valence-electron chi connectivity index (χ2n) is 7.95. The van der Waals surface area contributed by atoms with Crippen LogP contribution in [0, 0.1) is 5.82 Å². The molecule has 1 unspecified atom stereocenters. The Bertz CT molecular complexity index is 1110. The van der Waals surface area contributed by atoms with Gasteiger partial charge >= 0.3 is 6.09 Å². The smallest absolute Gasteiger partial charge is 0.407 e. The number of aromatic nitrogens is 4. The number of hydrogen-bond donors (Lipinski definition) is 3. The summed E-state index contributed by atoms with van der Waals surface area (Å²) in [5.41, 5.74) is 0.703. The van der Waals surface area contributed by atoms with E-state index in [0.29, 0.717) is 35.0 Å². The summed E-state index contributed by atoms with van der Waals surface area (Å²) >= 11 is 6.07. The minimum absolute atomic E-state index is 0.0930. The van der Waals surface area contributed by atoms with E-state index in [9.17, 15) is 9.18 Å². The molecule has 2 atom stereocenters. The molecule has 1 aliphatic rings. The first-order valence-corrected chi connectivity index (χ1v) is 10.6. The number of aromatic amines is 1. The third kappa shape index (κ3) is 4.71. The van der Waals surface area contributed by atoms with E-state index >= 15 is 0 Å². The summed E-state index contributed by atoms with van der Waals surface area (Å²) in [4.78, 5) is 27.7. The lowest BCUT2D eigenvalue weighted by Crippen LogP contribution is -2.44. The monoisotopic (exact) mass is 446 g/mol. The number of rotatable bonds is 5. The summed E-state index contributed by atoms with van der Waals surface area (Å²) in [7, 11) is 0. The Kier molecular flexibility index (Phi) is 5.95. The van der Waals surface area contributed by atoms with Gasteiger partial charge in [-0.1, -0.05) is 11.6 Å². The molecule has 3 heterocycles. The number of amides is 1. The lowest BCUT2D eigenvalue weighted by molar-refractivity contribution is -0.00491. The van der Waals surface area contributed by atoms with Crippen molar-refractivity contribution in [3.05, 3.63) is 35.5 Å². The number of carbonyl (C=O) groups excluding carboxylic acids is 1. The molecule has 1 saturated carbocycles. The highest BCUT2D eigenvalue weighted by atomic mass is 35.5. The molecule has 164 valence electrons. The van der Waals surface area contributed by atoms with E-state index in [4.69, 9.17) is 16.3 Å². The van der Waals surface area contributed by atoms with Crippen LogP contribution in [0.25, 0.3) is 22.4 Å². The molecule has 3 aromatic rings. The molecular weight excluding hydrogens is 423 g/mol. The maximum absolute atomic E-state index is 14.5. The maximum Gasteiger partial charge on any atom is 0.407 e. The molecule has 0 spiro atoms. The Morgan fingerprint density at radius 3 is 3.06 bits per heavy atom. The normalized spacial score (nSPS) is 21.1. The number of H-pyrrole nitrogens is 1. The van der Waals surface area contributed by atoms with Gasteiger partial charge in [-0.05, 0) is 39.2 Å². The predicted octanol–water partition coefficient (Wildman–Crippen LogP) is 4.67. The van der Waals surface area contributed by atoms with E-state index in [1.165, 1.54) is 0 Å². The average Bonchev–Trinajstić information content (AvgIpc) is 3.12. The predicted molar refractivity (Wildman–Crippen MR) is 117 cm³/mol. The minimum Gasteiger partial charge on any atom is -0.443 e. The van der Waals surface area contributed by atoms with Crippen molar-refractivity contribution in [2.24, 2.45) is 0 Å². The van der Waals surface area contributed by atoms with Gasteiger partial charge in [-0.2, -0.15) is 0 Å². The number of nitrogens with zero attached hydrogens (tertiary/aromatic N) is 3. The second kappa shape index (κ2) is 8.66. The van der Waals surface area contributed by atoms with Crippen LogP contribution < -0.4 is 10.6 Å². The minimum atomic E-state index is -0.624. The number of hydrogen-bond acceptors (Lipinski definition) is 6. The Hall–Kier alpha value is -2.94. The van der Waals surface area contributed by atoms with Crippen molar-refractivity contribution >= 4 is 34.5 Å². The van der Waals surface area contributed by atoms with Crippen molar-refractivity contribution in [3.63, 3.8) is 0 Å². The highest BCUT2D eigenvalue weighted by Gasteiger charge is 2.36. The Morgan fingerprint density at radius 1 is 1.42 bits per heavy atom. The molecule has 0 aliphatic heterocycles. The summed E-state index contributed by atoms with van der Waals surface area (Å²) in [6.07, 6.45) is 6.95. The van der Waals surface area contributed by atoms with E-state index in [0.717, 1.165) is 30.8 Å². The van der Waals surface area contributed by atoms with Crippen molar-refractivity contribution in [3.8, 4) is 11.4 Å². The van der Waals surface area contributed by atoms with Crippen LogP contribution in [0.5, 0.6) is 0 Å². The molecule has 31 heavy (non-hydrogen) atoms. The first-order valence-electron chi connectivity index (χ1n) is 10.3. The lowest BCUT2D eigenvalue weighted by atomic mass is 9.83. The fourth-order valence-electron chi connectivity index (χ4n) is 4.02. The summed E-state index contributed by atoms with van der Waals surface area (Å²) in [5.74, 6) is -0.0744. The van der Waals surface area contributed by atoms with E-state index in [2.05, 4.69) is 30.6 Å². The van der Waals surface area contributed by atoms with Crippen molar-refractivity contribution in [1.29, 1.82) is 0 Å². The Morgan fingerprint density at radius 2 is 2.26 bits per heavy atom. The summed E-state index contributed by atoms with van der Waals surface area (Å²) in [5, 5.41) is 7.08. The summed E-state index contributed by atoms with van der Waals surface area (Å²) in [6, 6.07) is 1.67. The van der Waals surface area contributed by atoms with Gasteiger partial charge < -0.3 is 20.4 Å². The molecule has 3 aromatic heterocycles. The largest absolute Gasteiger partial charge is 0.443 e. The number of anilines is 1. The zero-order valence-corrected chi connectivity index (χ0v) is 18.1. The highest BCUT2D eigenvalue weighted by Crippen LogP contribution is 2.34. The zero-order valence-electron chi connectivity index (χ0n) is 17.3. The van der Waals surface area contributed by atoms with Crippen LogP contribution >= 0.6 is 11.6 Å². The average molecular weight is 447 g/mol. The molecule has 1 aliphatic carbocycles. The van der Waals surface area contributed by atoms with Crippen LogP contribution in [0.1, 0.15) is 39.5 Å². The summed E-state index contributed by atoms with van der Waals surface area (Å²) < 4.78 is 20.1. The first-order chi connectivity index (χ1) is 14.9.